The SMILES string of the molecule is CSc1c(C#N)ccc2c(F)csc12. The predicted molar refractivity (Wildman–Crippen MR) is 58.3 cm³/mol. The molecule has 1 heterocycles. The van der Waals surface area contributed by atoms with E-state index in [1.807, 2.05) is 6.26 Å². The number of hydrogen-bond donors (Lipinski definition) is 0. The van der Waals surface area contributed by atoms with E-state index in [9.17, 15) is 4.39 Å². The van der Waals surface area contributed by atoms with Crippen LogP contribution in [-0.4, -0.2) is 6.26 Å². The topological polar surface area (TPSA) is 23.8 Å². The summed E-state index contributed by atoms with van der Waals surface area (Å²) in [6.45, 7) is 0. The molecule has 0 saturated heterocycles. The lowest BCUT2D eigenvalue weighted by molar-refractivity contribution is 0.644. The van der Waals surface area contributed by atoms with Crippen molar-refractivity contribution in [1.29, 1.82) is 5.26 Å². The van der Waals surface area contributed by atoms with E-state index in [0.717, 1.165) is 9.60 Å². The van der Waals surface area contributed by atoms with Gasteiger partial charge in [-0.2, -0.15) is 5.26 Å². The van der Waals surface area contributed by atoms with E-state index in [4.69, 9.17) is 5.26 Å². The normalized spacial score (nSPS) is 10.4. The molecule has 0 N–H and O–H groups in total. The van der Waals surface area contributed by atoms with E-state index in [0.29, 0.717) is 10.9 Å². The van der Waals surface area contributed by atoms with Crippen LogP contribution in [-0.2, 0) is 0 Å². The highest BCUT2D eigenvalue weighted by atomic mass is 32.2. The average Bonchev–Trinajstić information content (AvgIpc) is 2.59. The smallest absolute Gasteiger partial charge is 0.141 e. The quantitative estimate of drug-likeness (QED) is 0.689. The van der Waals surface area contributed by atoms with Crippen LogP contribution in [0.15, 0.2) is 22.4 Å². The summed E-state index contributed by atoms with van der Waals surface area (Å²) in [4.78, 5) is 0.874. The highest BCUT2D eigenvalue weighted by molar-refractivity contribution is 7.99. The second-order valence-corrected chi connectivity index (χ2v) is 4.41. The highest BCUT2D eigenvalue weighted by Crippen LogP contribution is 2.35. The Morgan fingerprint density at radius 1 is 1.50 bits per heavy atom. The molecule has 0 spiro atoms. The van der Waals surface area contributed by atoms with Gasteiger partial charge in [-0.3, -0.25) is 0 Å². The van der Waals surface area contributed by atoms with E-state index in [-0.39, 0.29) is 5.82 Å². The fourth-order valence-corrected chi connectivity index (χ4v) is 3.21. The number of nitrogens with zero attached hydrogens (tertiary/aromatic N) is 1. The van der Waals surface area contributed by atoms with Crippen molar-refractivity contribution in [2.24, 2.45) is 0 Å². The van der Waals surface area contributed by atoms with Gasteiger partial charge in [-0.05, 0) is 18.4 Å². The van der Waals surface area contributed by atoms with Gasteiger partial charge in [0.1, 0.15) is 11.9 Å². The van der Waals surface area contributed by atoms with Crippen molar-refractivity contribution in [3.05, 3.63) is 28.9 Å². The van der Waals surface area contributed by atoms with E-state index in [1.165, 1.54) is 28.5 Å². The molecule has 0 radical (unpaired) electrons. The van der Waals surface area contributed by atoms with Gasteiger partial charge < -0.3 is 0 Å². The molecular weight excluding hydrogens is 217 g/mol. The third-order valence-electron chi connectivity index (χ3n) is 1.97. The maximum Gasteiger partial charge on any atom is 0.141 e. The van der Waals surface area contributed by atoms with Crippen molar-refractivity contribution in [3.63, 3.8) is 0 Å². The summed E-state index contributed by atoms with van der Waals surface area (Å²) in [5.41, 5.74) is 0.617. The van der Waals surface area contributed by atoms with Crippen LogP contribution in [0.3, 0.4) is 0 Å². The Hall–Kier alpha value is -1.05. The predicted octanol–water partition coefficient (Wildman–Crippen LogP) is 3.63. The lowest BCUT2D eigenvalue weighted by Crippen LogP contribution is -1.80. The first-order valence-corrected chi connectivity index (χ1v) is 6.02. The third-order valence-corrected chi connectivity index (χ3v) is 3.92. The molecule has 2 aromatic rings. The Morgan fingerprint density at radius 3 is 2.93 bits per heavy atom. The summed E-state index contributed by atoms with van der Waals surface area (Å²) in [5.74, 6) is -0.204. The second kappa shape index (κ2) is 3.60. The van der Waals surface area contributed by atoms with E-state index >= 15 is 0 Å². The van der Waals surface area contributed by atoms with Gasteiger partial charge in [0.15, 0.2) is 0 Å². The molecule has 0 aliphatic heterocycles. The summed E-state index contributed by atoms with van der Waals surface area (Å²) in [6.07, 6.45) is 1.90. The summed E-state index contributed by atoms with van der Waals surface area (Å²) >= 11 is 2.83. The summed E-state index contributed by atoms with van der Waals surface area (Å²) in [7, 11) is 0. The van der Waals surface area contributed by atoms with Crippen LogP contribution >= 0.6 is 23.1 Å². The number of rotatable bonds is 1. The zero-order valence-corrected chi connectivity index (χ0v) is 9.01. The van der Waals surface area contributed by atoms with Gasteiger partial charge in [0.05, 0.1) is 10.3 Å². The lowest BCUT2D eigenvalue weighted by atomic mass is 10.2. The van der Waals surface area contributed by atoms with Gasteiger partial charge in [-0.25, -0.2) is 4.39 Å². The number of nitriles is 1. The molecule has 1 aromatic carbocycles. The number of thiophene rings is 1. The van der Waals surface area contributed by atoms with Gasteiger partial charge in [-0.15, -0.1) is 23.1 Å². The second-order valence-electron chi connectivity index (χ2n) is 2.72. The van der Waals surface area contributed by atoms with Gasteiger partial charge in [-0.1, -0.05) is 0 Å². The molecule has 0 aliphatic carbocycles. The average molecular weight is 223 g/mol. The molecule has 1 nitrogen and oxygen atoms in total. The molecule has 0 fully saturated rings. The number of halogens is 1. The standard InChI is InChI=1S/C10H6FNS2/c1-13-9-6(4-12)2-3-7-8(11)5-14-10(7)9/h2-3,5H,1H3. The van der Waals surface area contributed by atoms with Crippen LogP contribution in [0.5, 0.6) is 0 Å². The number of fused-ring (bicyclic) bond motifs is 1. The first-order chi connectivity index (χ1) is 6.77. The first kappa shape index (κ1) is 9.50. The van der Waals surface area contributed by atoms with Crippen LogP contribution in [0.2, 0.25) is 0 Å². The largest absolute Gasteiger partial charge is 0.205 e. The Bertz CT molecular complexity index is 525. The van der Waals surface area contributed by atoms with Crippen molar-refractivity contribution < 1.29 is 4.39 Å². The zero-order valence-electron chi connectivity index (χ0n) is 7.37. The van der Waals surface area contributed by atoms with E-state index < -0.39 is 0 Å². The Morgan fingerprint density at radius 2 is 2.29 bits per heavy atom. The first-order valence-electron chi connectivity index (χ1n) is 3.91. The molecule has 0 saturated carbocycles. The van der Waals surface area contributed by atoms with Gasteiger partial charge in [0.2, 0.25) is 0 Å². The molecule has 14 heavy (non-hydrogen) atoms. The molecular formula is C10H6FNS2. The van der Waals surface area contributed by atoms with E-state index in [1.54, 1.807) is 12.1 Å². The molecule has 0 unspecified atom stereocenters. The van der Waals surface area contributed by atoms with Crippen LogP contribution in [0, 0.1) is 17.1 Å². The maximum absolute atomic E-state index is 13.2. The van der Waals surface area contributed by atoms with Gasteiger partial charge in [0.25, 0.3) is 0 Å². The van der Waals surface area contributed by atoms with Crippen LogP contribution in [0.25, 0.3) is 10.1 Å². The van der Waals surface area contributed by atoms with Crippen molar-refractivity contribution in [3.8, 4) is 6.07 Å². The van der Waals surface area contributed by atoms with Crippen LogP contribution in [0.4, 0.5) is 4.39 Å². The molecule has 70 valence electrons. The Balaban J connectivity index is 2.86. The summed E-state index contributed by atoms with van der Waals surface area (Å²) in [5, 5.41) is 11.0. The minimum atomic E-state index is -0.204. The zero-order chi connectivity index (χ0) is 10.1. The third kappa shape index (κ3) is 1.29. The number of benzene rings is 1. The van der Waals surface area contributed by atoms with Gasteiger partial charge in [0, 0.05) is 15.7 Å². The lowest BCUT2D eigenvalue weighted by Gasteiger charge is -2.00. The van der Waals surface area contributed by atoms with Crippen LogP contribution in [0.1, 0.15) is 5.56 Å². The maximum atomic E-state index is 13.2. The van der Waals surface area contributed by atoms with Crippen molar-refractivity contribution >= 4 is 33.2 Å². The van der Waals surface area contributed by atoms with E-state index in [2.05, 4.69) is 6.07 Å². The molecule has 0 bridgehead atoms. The van der Waals surface area contributed by atoms with Gasteiger partial charge >= 0.3 is 0 Å². The molecule has 0 atom stereocenters. The number of hydrogen-bond acceptors (Lipinski definition) is 3. The summed E-state index contributed by atoms with van der Waals surface area (Å²) < 4.78 is 14.1. The Labute approximate surface area is 89.2 Å². The minimum absolute atomic E-state index is 0.204. The molecule has 0 amide bonds. The summed E-state index contributed by atoms with van der Waals surface area (Å²) in [6, 6.07) is 5.45. The molecule has 4 heteroatoms. The monoisotopic (exact) mass is 223 g/mol. The van der Waals surface area contributed by atoms with Crippen molar-refractivity contribution in [1.82, 2.24) is 0 Å². The highest BCUT2D eigenvalue weighted by Gasteiger charge is 2.10. The molecule has 0 aliphatic rings. The fourth-order valence-electron chi connectivity index (χ4n) is 1.33. The number of thioether (sulfide) groups is 1. The molecule has 2 rings (SSSR count). The Kier molecular flexibility index (Phi) is 2.44. The van der Waals surface area contributed by atoms with Crippen LogP contribution < -0.4 is 0 Å². The fraction of sp³-hybridized carbons (Fsp3) is 0.100. The van der Waals surface area contributed by atoms with Crippen molar-refractivity contribution in [2.45, 2.75) is 4.90 Å². The van der Waals surface area contributed by atoms with Crippen molar-refractivity contribution in [2.75, 3.05) is 6.26 Å². The minimum Gasteiger partial charge on any atom is -0.205 e. The molecule has 1 aromatic heterocycles.